The van der Waals surface area contributed by atoms with E-state index in [1.807, 2.05) is 0 Å². The van der Waals surface area contributed by atoms with Crippen LogP contribution in [0.1, 0.15) is 6.42 Å². The number of rotatable bonds is 5. The minimum Gasteiger partial charge on any atom is -0.392 e. The molecule has 0 radical (unpaired) electrons. The Morgan fingerprint density at radius 1 is 1.69 bits per heavy atom. The van der Waals surface area contributed by atoms with Gasteiger partial charge >= 0.3 is 0 Å². The van der Waals surface area contributed by atoms with E-state index in [1.165, 1.54) is 7.11 Å². The summed E-state index contributed by atoms with van der Waals surface area (Å²) in [5.41, 5.74) is 9.04. The molecule has 0 fully saturated rings. The molecule has 0 aliphatic heterocycles. The molecular formula is C9H15N3O4. The molecule has 2 N–H and O–H groups in total. The predicted octanol–water partition coefficient (Wildman–Crippen LogP) is 0.338. The van der Waals surface area contributed by atoms with Gasteiger partial charge in [0.1, 0.15) is 12.9 Å². The average molecular weight is 229 g/mol. The number of ether oxygens (including phenoxy) is 2. The second-order valence-corrected chi connectivity index (χ2v) is 3.49. The first-order valence-electron chi connectivity index (χ1n) is 4.86. The number of nitrogens with zero attached hydrogens (tertiary/aromatic N) is 3. The fourth-order valence-corrected chi connectivity index (χ4v) is 1.59. The van der Waals surface area contributed by atoms with Crippen LogP contribution in [0, 0.1) is 0 Å². The Morgan fingerprint density at radius 2 is 2.44 bits per heavy atom. The van der Waals surface area contributed by atoms with Gasteiger partial charge in [0.25, 0.3) is 0 Å². The monoisotopic (exact) mass is 229 g/mol. The van der Waals surface area contributed by atoms with Gasteiger partial charge in [0, 0.05) is 12.0 Å². The first kappa shape index (κ1) is 13.0. The molecular weight excluding hydrogens is 214 g/mol. The van der Waals surface area contributed by atoms with E-state index in [1.54, 1.807) is 6.08 Å². The predicted molar refractivity (Wildman–Crippen MR) is 55.5 cm³/mol. The van der Waals surface area contributed by atoms with Crippen molar-refractivity contribution in [2.45, 2.75) is 24.7 Å². The van der Waals surface area contributed by atoms with Crippen LogP contribution in [0.5, 0.6) is 0 Å². The van der Waals surface area contributed by atoms with E-state index < -0.39 is 18.2 Å². The van der Waals surface area contributed by atoms with Gasteiger partial charge in [-0.2, -0.15) is 0 Å². The molecule has 0 aromatic rings. The van der Waals surface area contributed by atoms with Gasteiger partial charge in [-0.25, -0.2) is 0 Å². The second-order valence-electron chi connectivity index (χ2n) is 3.49. The Kier molecular flexibility index (Phi) is 5.24. The number of hydrogen-bond acceptors (Lipinski definition) is 5. The van der Waals surface area contributed by atoms with Crippen LogP contribution in [0.25, 0.3) is 10.4 Å². The number of hydrogen-bond donors (Lipinski definition) is 2. The maximum Gasteiger partial charge on any atom is 0.147 e. The molecule has 0 saturated carbocycles. The minimum absolute atomic E-state index is 0.0277. The fourth-order valence-electron chi connectivity index (χ4n) is 1.59. The van der Waals surface area contributed by atoms with E-state index in [0.717, 1.165) is 0 Å². The molecule has 0 aromatic carbocycles. The SMILES string of the molecule is COCO[C@@H]1C=C(CO)C[C@@H](N=[N+]=[N-])[C@@H]1O. The molecule has 7 nitrogen and oxygen atoms in total. The zero-order chi connectivity index (χ0) is 12.0. The van der Waals surface area contributed by atoms with E-state index in [4.69, 9.17) is 20.1 Å². The molecule has 1 aliphatic carbocycles. The van der Waals surface area contributed by atoms with Crippen molar-refractivity contribution in [1.82, 2.24) is 0 Å². The highest BCUT2D eigenvalue weighted by atomic mass is 16.7. The highest BCUT2D eigenvalue weighted by Crippen LogP contribution is 2.23. The molecule has 16 heavy (non-hydrogen) atoms. The maximum atomic E-state index is 9.83. The Labute approximate surface area is 92.9 Å². The van der Waals surface area contributed by atoms with Crippen molar-refractivity contribution in [3.05, 3.63) is 22.1 Å². The Hall–Kier alpha value is -1.11. The van der Waals surface area contributed by atoms with E-state index >= 15 is 0 Å². The molecule has 1 aliphatic rings. The highest BCUT2D eigenvalue weighted by Gasteiger charge is 2.31. The average Bonchev–Trinajstić information content (AvgIpc) is 2.30. The molecule has 0 bridgehead atoms. The molecule has 0 spiro atoms. The van der Waals surface area contributed by atoms with Crippen LogP contribution in [0.4, 0.5) is 0 Å². The third-order valence-corrected chi connectivity index (χ3v) is 2.38. The van der Waals surface area contributed by atoms with E-state index in [9.17, 15) is 5.11 Å². The molecule has 3 atom stereocenters. The van der Waals surface area contributed by atoms with Crippen molar-refractivity contribution in [1.29, 1.82) is 0 Å². The van der Waals surface area contributed by atoms with Gasteiger partial charge in [0.15, 0.2) is 0 Å². The fraction of sp³-hybridized carbons (Fsp3) is 0.778. The van der Waals surface area contributed by atoms with Crippen molar-refractivity contribution < 1.29 is 19.7 Å². The quantitative estimate of drug-likeness (QED) is 0.233. The van der Waals surface area contributed by atoms with Crippen molar-refractivity contribution in [2.75, 3.05) is 20.5 Å². The van der Waals surface area contributed by atoms with Crippen molar-refractivity contribution in [3.63, 3.8) is 0 Å². The van der Waals surface area contributed by atoms with Crippen LogP contribution >= 0.6 is 0 Å². The molecule has 90 valence electrons. The smallest absolute Gasteiger partial charge is 0.147 e. The minimum atomic E-state index is -0.915. The van der Waals surface area contributed by atoms with Gasteiger partial charge in [-0.1, -0.05) is 11.2 Å². The molecule has 1 rings (SSSR count). The van der Waals surface area contributed by atoms with E-state index in [-0.39, 0.29) is 13.4 Å². The molecule has 0 unspecified atom stereocenters. The Bertz CT molecular complexity index is 301. The first-order chi connectivity index (χ1) is 7.72. The lowest BCUT2D eigenvalue weighted by molar-refractivity contribution is -0.101. The van der Waals surface area contributed by atoms with Crippen LogP contribution in [0.3, 0.4) is 0 Å². The zero-order valence-corrected chi connectivity index (χ0v) is 8.98. The zero-order valence-electron chi connectivity index (χ0n) is 8.98. The Morgan fingerprint density at radius 3 is 3.00 bits per heavy atom. The number of azide groups is 1. The second kappa shape index (κ2) is 6.47. The molecule has 7 heteroatoms. The number of aliphatic hydroxyl groups is 2. The van der Waals surface area contributed by atoms with E-state index in [0.29, 0.717) is 12.0 Å². The van der Waals surface area contributed by atoms with Gasteiger partial charge < -0.3 is 19.7 Å². The van der Waals surface area contributed by atoms with Crippen LogP contribution in [-0.4, -0.2) is 49.0 Å². The Balaban J connectivity index is 2.76. The summed E-state index contributed by atoms with van der Waals surface area (Å²) in [5, 5.41) is 22.3. The van der Waals surface area contributed by atoms with E-state index in [2.05, 4.69) is 10.0 Å². The molecule has 0 saturated heterocycles. The van der Waals surface area contributed by atoms with Gasteiger partial charge in [-0.05, 0) is 17.5 Å². The van der Waals surface area contributed by atoms with Crippen molar-refractivity contribution in [2.24, 2.45) is 5.11 Å². The van der Waals surface area contributed by atoms with Gasteiger partial charge in [0.2, 0.25) is 0 Å². The molecule has 0 amide bonds. The summed E-state index contributed by atoms with van der Waals surface area (Å²) in [6, 6.07) is -0.612. The summed E-state index contributed by atoms with van der Waals surface area (Å²) >= 11 is 0. The van der Waals surface area contributed by atoms with Crippen molar-refractivity contribution >= 4 is 0 Å². The summed E-state index contributed by atoms with van der Waals surface area (Å²) in [6.07, 6.45) is 0.439. The van der Waals surface area contributed by atoms with Crippen LogP contribution in [0.2, 0.25) is 0 Å². The molecule has 0 aromatic heterocycles. The van der Waals surface area contributed by atoms with Gasteiger partial charge in [-0.15, -0.1) is 0 Å². The lowest BCUT2D eigenvalue weighted by Gasteiger charge is -2.30. The third-order valence-electron chi connectivity index (χ3n) is 2.38. The summed E-state index contributed by atoms with van der Waals surface area (Å²) in [5.74, 6) is 0. The summed E-state index contributed by atoms with van der Waals surface area (Å²) < 4.78 is 9.94. The number of methoxy groups -OCH3 is 1. The third kappa shape index (κ3) is 3.19. The summed E-state index contributed by atoms with van der Waals surface area (Å²) in [7, 11) is 1.47. The number of aliphatic hydroxyl groups excluding tert-OH is 2. The van der Waals surface area contributed by atoms with Gasteiger partial charge in [-0.3, -0.25) is 0 Å². The summed E-state index contributed by atoms with van der Waals surface area (Å²) in [4.78, 5) is 2.66. The first-order valence-corrected chi connectivity index (χ1v) is 4.86. The topological polar surface area (TPSA) is 108 Å². The van der Waals surface area contributed by atoms with Crippen molar-refractivity contribution in [3.8, 4) is 0 Å². The normalized spacial score (nSPS) is 29.4. The standard InChI is InChI=1S/C9H15N3O4/c1-15-5-16-8-3-6(4-13)2-7(9(8)14)11-12-10/h3,7-9,13-14H,2,4-5H2,1H3/t7-,8-,9+/m1/s1. The van der Waals surface area contributed by atoms with Gasteiger partial charge in [0.05, 0.1) is 18.8 Å². The maximum absolute atomic E-state index is 9.83. The summed E-state index contributed by atoms with van der Waals surface area (Å²) in [6.45, 7) is -0.114. The van der Waals surface area contributed by atoms with Crippen LogP contribution < -0.4 is 0 Å². The van der Waals surface area contributed by atoms with Crippen LogP contribution in [-0.2, 0) is 9.47 Å². The lowest BCUT2D eigenvalue weighted by Crippen LogP contribution is -2.41. The lowest BCUT2D eigenvalue weighted by atomic mass is 9.91. The largest absolute Gasteiger partial charge is 0.392 e. The van der Waals surface area contributed by atoms with Crippen LogP contribution in [0.15, 0.2) is 16.8 Å². The molecule has 0 heterocycles. The highest BCUT2D eigenvalue weighted by molar-refractivity contribution is 5.16.